The van der Waals surface area contributed by atoms with E-state index in [0.717, 1.165) is 23.6 Å². The lowest BCUT2D eigenvalue weighted by Crippen LogP contribution is -2.26. The van der Waals surface area contributed by atoms with Crippen LogP contribution in [0.5, 0.6) is 0 Å². The summed E-state index contributed by atoms with van der Waals surface area (Å²) in [5.74, 6) is -2.87. The number of hydrogen-bond acceptors (Lipinski definition) is 4. The van der Waals surface area contributed by atoms with Crippen molar-refractivity contribution in [2.24, 2.45) is 0 Å². The van der Waals surface area contributed by atoms with Crippen LogP contribution in [-0.4, -0.2) is 11.9 Å². The van der Waals surface area contributed by atoms with Gasteiger partial charge in [-0.1, -0.05) is 36.4 Å². The Labute approximate surface area is 139 Å². The third-order valence-electron chi connectivity index (χ3n) is 4.11. The van der Waals surface area contributed by atoms with E-state index in [4.69, 9.17) is 0 Å². The molecule has 0 spiro atoms. The Kier molecular flexibility index (Phi) is 4.04. The highest BCUT2D eigenvalue weighted by Crippen LogP contribution is 2.37. The van der Waals surface area contributed by atoms with E-state index in [0.29, 0.717) is 5.56 Å². The van der Waals surface area contributed by atoms with Gasteiger partial charge in [0.15, 0.2) is 0 Å². The smallest absolute Gasteiger partial charge is 0.0718 e. The van der Waals surface area contributed by atoms with Gasteiger partial charge in [-0.3, -0.25) is 0 Å². The molecule has 24 heavy (non-hydrogen) atoms. The van der Waals surface area contributed by atoms with Gasteiger partial charge in [0, 0.05) is 5.57 Å². The third kappa shape index (κ3) is 2.99. The molecule has 0 bridgehead atoms. The van der Waals surface area contributed by atoms with E-state index in [1.165, 1.54) is 24.1 Å². The Morgan fingerprint density at radius 3 is 2.42 bits per heavy atom. The molecule has 1 aliphatic carbocycles. The lowest BCUT2D eigenvalue weighted by Gasteiger charge is -2.11. The van der Waals surface area contributed by atoms with Crippen molar-refractivity contribution in [2.45, 2.75) is 13.3 Å². The van der Waals surface area contributed by atoms with Crippen molar-refractivity contribution in [2.75, 3.05) is 0 Å². The second kappa shape index (κ2) is 6.16. The SMILES string of the molecule is CC(=C/C(=O)[O-])/C(=C/c1ccc2c(c1)-c1ccccc1C2)C(=O)[O-]. The molecule has 0 N–H and O–H groups in total. The minimum Gasteiger partial charge on any atom is -0.545 e. The average molecular weight is 318 g/mol. The van der Waals surface area contributed by atoms with Crippen molar-refractivity contribution in [3.05, 3.63) is 76.4 Å². The first-order valence-corrected chi connectivity index (χ1v) is 7.49. The molecule has 0 amide bonds. The molecule has 0 saturated heterocycles. The average Bonchev–Trinajstić information content (AvgIpc) is 2.89. The van der Waals surface area contributed by atoms with Gasteiger partial charge in [0.1, 0.15) is 0 Å². The molecule has 0 fully saturated rings. The first kappa shape index (κ1) is 15.7. The maximum atomic E-state index is 11.3. The number of carbonyl (C=O) groups is 2. The van der Waals surface area contributed by atoms with Crippen molar-refractivity contribution < 1.29 is 19.8 Å². The lowest BCUT2D eigenvalue weighted by molar-refractivity contribution is -0.298. The molecule has 0 aliphatic heterocycles. The summed E-state index contributed by atoms with van der Waals surface area (Å²) < 4.78 is 0. The highest BCUT2D eigenvalue weighted by atomic mass is 16.4. The molecule has 0 unspecified atom stereocenters. The van der Waals surface area contributed by atoms with E-state index >= 15 is 0 Å². The van der Waals surface area contributed by atoms with Crippen LogP contribution in [0.4, 0.5) is 0 Å². The van der Waals surface area contributed by atoms with E-state index in [-0.39, 0.29) is 11.1 Å². The number of carboxylic acids is 2. The largest absolute Gasteiger partial charge is 0.545 e. The van der Waals surface area contributed by atoms with Crippen LogP contribution in [-0.2, 0) is 16.0 Å². The predicted octanol–water partition coefficient (Wildman–Crippen LogP) is 1.09. The van der Waals surface area contributed by atoms with Crippen LogP contribution in [0.25, 0.3) is 17.2 Å². The summed E-state index contributed by atoms with van der Waals surface area (Å²) in [6.07, 6.45) is 3.03. The van der Waals surface area contributed by atoms with E-state index in [2.05, 4.69) is 6.07 Å². The number of carbonyl (C=O) groups excluding carboxylic acids is 2. The maximum absolute atomic E-state index is 11.3. The summed E-state index contributed by atoms with van der Waals surface area (Å²) in [6.45, 7) is 1.40. The molecular formula is C20H14O4-2. The van der Waals surface area contributed by atoms with Crippen molar-refractivity contribution in [3.8, 4) is 11.1 Å². The van der Waals surface area contributed by atoms with E-state index in [1.807, 2.05) is 36.4 Å². The van der Waals surface area contributed by atoms with Crippen molar-refractivity contribution in [1.29, 1.82) is 0 Å². The zero-order valence-corrected chi connectivity index (χ0v) is 13.0. The molecule has 0 saturated carbocycles. The summed E-state index contributed by atoms with van der Waals surface area (Å²) in [5.41, 5.74) is 5.21. The molecule has 2 aromatic rings. The molecule has 1 aliphatic rings. The topological polar surface area (TPSA) is 80.3 Å². The first-order chi connectivity index (χ1) is 11.5. The standard InChI is InChI=1S/C20H16O4/c1-12(8-19(21)22)17(20(23)24)9-13-6-7-15-11-14-4-2-3-5-16(14)18(15)10-13/h2-10H,11H2,1H3,(H,21,22)(H,23,24)/p-2/b12-8-,17-9-. The van der Waals surface area contributed by atoms with Crippen LogP contribution in [0.2, 0.25) is 0 Å². The van der Waals surface area contributed by atoms with Crippen molar-refractivity contribution >= 4 is 18.0 Å². The summed E-state index contributed by atoms with van der Waals surface area (Å²) in [6, 6.07) is 13.8. The molecular weight excluding hydrogens is 304 g/mol. The fraction of sp³-hybridized carbons (Fsp3) is 0.100. The fourth-order valence-corrected chi connectivity index (χ4v) is 2.99. The van der Waals surface area contributed by atoms with E-state index in [1.54, 1.807) is 0 Å². The van der Waals surface area contributed by atoms with Crippen LogP contribution >= 0.6 is 0 Å². The summed E-state index contributed by atoms with van der Waals surface area (Å²) >= 11 is 0. The first-order valence-electron chi connectivity index (χ1n) is 7.49. The quantitative estimate of drug-likeness (QED) is 0.533. The number of aliphatic carboxylic acids is 2. The fourth-order valence-electron chi connectivity index (χ4n) is 2.99. The van der Waals surface area contributed by atoms with Gasteiger partial charge >= 0.3 is 0 Å². The molecule has 4 heteroatoms. The van der Waals surface area contributed by atoms with Crippen molar-refractivity contribution in [3.63, 3.8) is 0 Å². The highest BCUT2D eigenvalue weighted by Gasteiger charge is 2.17. The Morgan fingerprint density at radius 1 is 1.00 bits per heavy atom. The molecule has 2 aromatic carbocycles. The van der Waals surface area contributed by atoms with E-state index in [9.17, 15) is 19.8 Å². The molecule has 0 atom stereocenters. The van der Waals surface area contributed by atoms with Gasteiger partial charge in [0.05, 0.1) is 11.9 Å². The second-order valence-electron chi connectivity index (χ2n) is 5.74. The summed E-state index contributed by atoms with van der Waals surface area (Å²) in [4.78, 5) is 22.0. The van der Waals surface area contributed by atoms with Crippen molar-refractivity contribution in [1.82, 2.24) is 0 Å². The predicted molar refractivity (Wildman–Crippen MR) is 86.4 cm³/mol. The van der Waals surface area contributed by atoms with E-state index < -0.39 is 11.9 Å². The second-order valence-corrected chi connectivity index (χ2v) is 5.74. The zero-order chi connectivity index (χ0) is 17.3. The molecule has 120 valence electrons. The minimum atomic E-state index is -1.44. The summed E-state index contributed by atoms with van der Waals surface area (Å²) in [7, 11) is 0. The Balaban J connectivity index is 2.05. The van der Waals surface area contributed by atoms with Gasteiger partial charge in [-0.05, 0) is 65.0 Å². The number of carboxylic acid groups (broad SMARTS) is 2. The third-order valence-corrected chi connectivity index (χ3v) is 4.11. The summed E-state index contributed by atoms with van der Waals surface area (Å²) in [5, 5.41) is 22.0. The zero-order valence-electron chi connectivity index (χ0n) is 13.0. The molecule has 0 heterocycles. The van der Waals surface area contributed by atoms with Crippen LogP contribution < -0.4 is 10.2 Å². The monoisotopic (exact) mass is 318 g/mol. The number of hydrogen-bond donors (Lipinski definition) is 0. The minimum absolute atomic E-state index is 0.0795. The highest BCUT2D eigenvalue weighted by molar-refractivity contribution is 5.98. The van der Waals surface area contributed by atoms with Crippen LogP contribution in [0.3, 0.4) is 0 Å². The van der Waals surface area contributed by atoms with Gasteiger partial charge in [-0.2, -0.15) is 0 Å². The van der Waals surface area contributed by atoms with Crippen LogP contribution in [0.15, 0.2) is 59.7 Å². The maximum Gasteiger partial charge on any atom is 0.0718 e. The van der Waals surface area contributed by atoms with Gasteiger partial charge in [-0.25, -0.2) is 0 Å². The van der Waals surface area contributed by atoms with Crippen LogP contribution in [0.1, 0.15) is 23.6 Å². The van der Waals surface area contributed by atoms with Gasteiger partial charge in [0.25, 0.3) is 0 Å². The van der Waals surface area contributed by atoms with Gasteiger partial charge in [0.2, 0.25) is 0 Å². The molecule has 3 rings (SSSR count). The van der Waals surface area contributed by atoms with Crippen LogP contribution in [0, 0.1) is 0 Å². The van der Waals surface area contributed by atoms with Gasteiger partial charge < -0.3 is 19.8 Å². The number of fused-ring (bicyclic) bond motifs is 3. The van der Waals surface area contributed by atoms with Gasteiger partial charge in [-0.15, -0.1) is 0 Å². The number of rotatable bonds is 4. The Bertz CT molecular complexity index is 904. The Hall–Kier alpha value is -3.14. The normalized spacial score (nSPS) is 13.4. The molecule has 4 nitrogen and oxygen atoms in total. The molecule has 0 aromatic heterocycles. The number of benzene rings is 2. The Morgan fingerprint density at radius 2 is 1.71 bits per heavy atom. The lowest BCUT2D eigenvalue weighted by atomic mass is 9.99. The molecule has 0 radical (unpaired) electrons.